The Balaban J connectivity index is 1.66. The van der Waals surface area contributed by atoms with Crippen molar-refractivity contribution in [2.75, 3.05) is 0 Å². The van der Waals surface area contributed by atoms with Gasteiger partial charge in [0, 0.05) is 5.56 Å². The van der Waals surface area contributed by atoms with Crippen LogP contribution in [0.1, 0.15) is 34.1 Å². The molecule has 0 aliphatic heterocycles. The van der Waals surface area contributed by atoms with E-state index in [4.69, 9.17) is 4.42 Å². The molecule has 1 heterocycles. The van der Waals surface area contributed by atoms with Gasteiger partial charge in [-0.25, -0.2) is 5.43 Å². The fraction of sp³-hybridized carbons (Fsp3) is 0.0952. The van der Waals surface area contributed by atoms with Crippen LogP contribution in [0.3, 0.4) is 0 Å². The molecular formula is C21H19N3O3. The van der Waals surface area contributed by atoms with Gasteiger partial charge in [-0.1, -0.05) is 48.5 Å². The van der Waals surface area contributed by atoms with Gasteiger partial charge in [0.15, 0.2) is 0 Å². The molecule has 6 heteroatoms. The number of carbonyl (C=O) groups is 2. The predicted molar refractivity (Wildman–Crippen MR) is 102 cm³/mol. The number of amides is 2. The molecular weight excluding hydrogens is 342 g/mol. The maximum absolute atomic E-state index is 12.5. The van der Waals surface area contributed by atoms with E-state index < -0.39 is 6.04 Å². The second-order valence-electron chi connectivity index (χ2n) is 5.82. The molecule has 0 saturated carbocycles. The van der Waals surface area contributed by atoms with Crippen molar-refractivity contribution in [1.29, 1.82) is 0 Å². The van der Waals surface area contributed by atoms with Crippen LogP contribution in [0.25, 0.3) is 0 Å². The number of benzene rings is 2. The van der Waals surface area contributed by atoms with Crippen LogP contribution in [0, 0.1) is 0 Å². The third-order valence-corrected chi connectivity index (χ3v) is 3.86. The van der Waals surface area contributed by atoms with E-state index in [0.717, 1.165) is 5.56 Å². The minimum atomic E-state index is -0.474. The molecule has 0 aliphatic carbocycles. The molecule has 136 valence electrons. The van der Waals surface area contributed by atoms with E-state index in [2.05, 4.69) is 15.8 Å². The van der Waals surface area contributed by atoms with Gasteiger partial charge in [0.1, 0.15) is 5.76 Å². The lowest BCUT2D eigenvalue weighted by Gasteiger charge is -2.18. The van der Waals surface area contributed by atoms with E-state index in [1.807, 2.05) is 36.4 Å². The lowest BCUT2D eigenvalue weighted by Crippen LogP contribution is -2.32. The average Bonchev–Trinajstić information content (AvgIpc) is 3.22. The molecule has 0 bridgehead atoms. The van der Waals surface area contributed by atoms with Crippen LogP contribution in [-0.2, 0) is 4.79 Å². The smallest absolute Gasteiger partial charge is 0.251 e. The van der Waals surface area contributed by atoms with Gasteiger partial charge in [0.2, 0.25) is 5.91 Å². The normalized spacial score (nSPS) is 11.9. The summed E-state index contributed by atoms with van der Waals surface area (Å²) in [6.07, 6.45) is 2.99. The van der Waals surface area contributed by atoms with Crippen molar-refractivity contribution < 1.29 is 14.0 Å². The van der Waals surface area contributed by atoms with Crippen LogP contribution in [0.5, 0.6) is 0 Å². The first-order valence-electron chi connectivity index (χ1n) is 8.48. The van der Waals surface area contributed by atoms with Crippen molar-refractivity contribution in [3.05, 3.63) is 95.9 Å². The molecule has 3 aromatic rings. The number of hydrogen-bond acceptors (Lipinski definition) is 4. The van der Waals surface area contributed by atoms with E-state index >= 15 is 0 Å². The molecule has 3 rings (SSSR count). The Bertz CT molecular complexity index is 891. The second kappa shape index (κ2) is 9.15. The van der Waals surface area contributed by atoms with E-state index in [1.165, 1.54) is 12.5 Å². The number of rotatable bonds is 7. The Morgan fingerprint density at radius 3 is 2.33 bits per heavy atom. The van der Waals surface area contributed by atoms with Gasteiger partial charge in [-0.3, -0.25) is 9.59 Å². The van der Waals surface area contributed by atoms with E-state index in [1.54, 1.807) is 36.4 Å². The third kappa shape index (κ3) is 5.40. The number of nitrogens with zero attached hydrogens (tertiary/aromatic N) is 1. The van der Waals surface area contributed by atoms with E-state index in [9.17, 15) is 9.59 Å². The molecule has 27 heavy (non-hydrogen) atoms. The highest BCUT2D eigenvalue weighted by atomic mass is 16.3. The predicted octanol–water partition coefficient (Wildman–Crippen LogP) is 3.29. The summed E-state index contributed by atoms with van der Waals surface area (Å²) < 4.78 is 5.11. The highest BCUT2D eigenvalue weighted by Gasteiger charge is 2.19. The molecule has 0 unspecified atom stereocenters. The van der Waals surface area contributed by atoms with Gasteiger partial charge in [-0.15, -0.1) is 0 Å². The van der Waals surface area contributed by atoms with Crippen LogP contribution < -0.4 is 10.7 Å². The molecule has 0 radical (unpaired) electrons. The van der Waals surface area contributed by atoms with Crippen LogP contribution in [0.2, 0.25) is 0 Å². The number of hydrogen-bond donors (Lipinski definition) is 2. The highest BCUT2D eigenvalue weighted by molar-refractivity contribution is 5.94. The average molecular weight is 361 g/mol. The van der Waals surface area contributed by atoms with Crippen LogP contribution in [0.15, 0.2) is 88.6 Å². The summed E-state index contributed by atoms with van der Waals surface area (Å²) in [5.41, 5.74) is 3.83. The molecule has 1 aromatic heterocycles. The van der Waals surface area contributed by atoms with Crippen molar-refractivity contribution in [3.8, 4) is 0 Å². The molecule has 1 atom stereocenters. The van der Waals surface area contributed by atoms with Crippen molar-refractivity contribution >= 4 is 18.0 Å². The minimum absolute atomic E-state index is 0.0537. The maximum atomic E-state index is 12.5. The van der Waals surface area contributed by atoms with Crippen molar-refractivity contribution in [3.63, 3.8) is 0 Å². The summed E-state index contributed by atoms with van der Waals surface area (Å²) in [4.78, 5) is 24.8. The molecule has 2 N–H and O–H groups in total. The Labute approximate surface area is 156 Å². The Morgan fingerprint density at radius 2 is 1.67 bits per heavy atom. The summed E-state index contributed by atoms with van der Waals surface area (Å²) >= 11 is 0. The second-order valence-corrected chi connectivity index (χ2v) is 5.82. The third-order valence-electron chi connectivity index (χ3n) is 3.86. The fourth-order valence-electron chi connectivity index (χ4n) is 2.53. The zero-order valence-electron chi connectivity index (χ0n) is 14.5. The first-order valence-corrected chi connectivity index (χ1v) is 8.48. The van der Waals surface area contributed by atoms with Gasteiger partial charge in [0.25, 0.3) is 5.91 Å². The number of hydrazone groups is 1. The molecule has 0 fully saturated rings. The maximum Gasteiger partial charge on any atom is 0.251 e. The first-order chi connectivity index (χ1) is 13.2. The van der Waals surface area contributed by atoms with E-state index in [-0.39, 0.29) is 18.2 Å². The zero-order chi connectivity index (χ0) is 18.9. The summed E-state index contributed by atoms with van der Waals surface area (Å²) in [7, 11) is 0. The summed E-state index contributed by atoms with van der Waals surface area (Å²) in [5.74, 6) is -0.0244. The number of carbonyl (C=O) groups excluding carboxylic acids is 2. The highest BCUT2D eigenvalue weighted by Crippen LogP contribution is 2.17. The van der Waals surface area contributed by atoms with Gasteiger partial charge in [-0.2, -0.15) is 5.10 Å². The van der Waals surface area contributed by atoms with Gasteiger partial charge < -0.3 is 9.73 Å². The van der Waals surface area contributed by atoms with Crippen LogP contribution in [-0.4, -0.2) is 18.0 Å². The SMILES string of the molecule is O=C(C[C@H](NC(=O)c1ccccc1)c1ccccc1)N/N=C\c1ccco1. The van der Waals surface area contributed by atoms with Gasteiger partial charge in [0.05, 0.1) is 24.9 Å². The lowest BCUT2D eigenvalue weighted by molar-refractivity contribution is -0.121. The number of nitrogens with one attached hydrogen (secondary N) is 2. The Morgan fingerprint density at radius 1 is 0.963 bits per heavy atom. The zero-order valence-corrected chi connectivity index (χ0v) is 14.5. The van der Waals surface area contributed by atoms with Gasteiger partial charge >= 0.3 is 0 Å². The largest absolute Gasteiger partial charge is 0.463 e. The minimum Gasteiger partial charge on any atom is -0.463 e. The monoisotopic (exact) mass is 361 g/mol. The summed E-state index contributed by atoms with van der Waals surface area (Å²) in [6.45, 7) is 0. The van der Waals surface area contributed by atoms with Crippen molar-refractivity contribution in [2.45, 2.75) is 12.5 Å². The standard InChI is InChI=1S/C21H19N3O3/c25-20(24-22-15-18-12-7-13-27-18)14-19(16-8-3-1-4-9-16)23-21(26)17-10-5-2-6-11-17/h1-13,15,19H,14H2,(H,23,26)(H,24,25)/b22-15-/t19-/m0/s1. The molecule has 2 amide bonds. The lowest BCUT2D eigenvalue weighted by atomic mass is 10.0. The van der Waals surface area contributed by atoms with Crippen LogP contribution in [0.4, 0.5) is 0 Å². The van der Waals surface area contributed by atoms with Gasteiger partial charge in [-0.05, 0) is 29.8 Å². The van der Waals surface area contributed by atoms with Crippen LogP contribution >= 0.6 is 0 Å². The summed E-state index contributed by atoms with van der Waals surface area (Å²) in [5, 5.41) is 6.78. The Kier molecular flexibility index (Phi) is 6.14. The summed E-state index contributed by atoms with van der Waals surface area (Å²) in [6, 6.07) is 21.2. The molecule has 0 spiro atoms. The topological polar surface area (TPSA) is 83.7 Å². The molecule has 6 nitrogen and oxygen atoms in total. The van der Waals surface area contributed by atoms with Crippen molar-refractivity contribution in [2.24, 2.45) is 5.10 Å². The molecule has 0 saturated heterocycles. The number of furan rings is 1. The Hall–Kier alpha value is -3.67. The molecule has 2 aromatic carbocycles. The first kappa shape index (κ1) is 18.1. The fourth-order valence-corrected chi connectivity index (χ4v) is 2.53. The molecule has 0 aliphatic rings. The van der Waals surface area contributed by atoms with E-state index in [0.29, 0.717) is 11.3 Å². The van der Waals surface area contributed by atoms with Crippen molar-refractivity contribution in [1.82, 2.24) is 10.7 Å². The quantitative estimate of drug-likeness (QED) is 0.500.